The van der Waals surface area contributed by atoms with Gasteiger partial charge in [0.25, 0.3) is 5.91 Å². The molecule has 1 rings (SSSR count). The zero-order valence-corrected chi connectivity index (χ0v) is 9.84. The number of hydrogen-bond donors (Lipinski definition) is 1. The van der Waals surface area contributed by atoms with Crippen molar-refractivity contribution >= 4 is 23.3 Å². The second-order valence-electron chi connectivity index (χ2n) is 3.40. The summed E-state index contributed by atoms with van der Waals surface area (Å²) < 4.78 is 0. The summed E-state index contributed by atoms with van der Waals surface area (Å²) in [7, 11) is 0. The highest BCUT2D eigenvalue weighted by molar-refractivity contribution is 6.30. The summed E-state index contributed by atoms with van der Waals surface area (Å²) >= 11 is 5.70. The molecular formula is C12H12ClNO2. The minimum absolute atomic E-state index is 0.103. The predicted octanol–water partition coefficient (Wildman–Crippen LogP) is 2.56. The van der Waals surface area contributed by atoms with Crippen LogP contribution in [0.15, 0.2) is 36.0 Å². The molecule has 1 aromatic rings. The van der Waals surface area contributed by atoms with Crippen molar-refractivity contribution in [3.8, 4) is 0 Å². The maximum absolute atomic E-state index is 11.6. The summed E-state index contributed by atoms with van der Waals surface area (Å²) in [6, 6.07) is 6.53. The fraction of sp³-hybridized carbons (Fsp3) is 0.167. The van der Waals surface area contributed by atoms with E-state index < -0.39 is 0 Å². The minimum atomic E-state index is -0.258. The van der Waals surface area contributed by atoms with Crippen molar-refractivity contribution in [2.24, 2.45) is 0 Å². The van der Waals surface area contributed by atoms with Gasteiger partial charge in [0.1, 0.15) is 0 Å². The standard InChI is InChI=1S/C12H12ClNO2/c1-8(7-9(2)15)14-12(16)10-3-5-11(13)6-4-10/h3-7H,1-2H3,(H,14,16). The van der Waals surface area contributed by atoms with Gasteiger partial charge in [-0.1, -0.05) is 11.6 Å². The molecule has 0 aromatic heterocycles. The highest BCUT2D eigenvalue weighted by Crippen LogP contribution is 2.09. The van der Waals surface area contributed by atoms with E-state index in [2.05, 4.69) is 5.32 Å². The first kappa shape index (κ1) is 12.5. The smallest absolute Gasteiger partial charge is 0.255 e. The van der Waals surface area contributed by atoms with Gasteiger partial charge in [-0.05, 0) is 44.2 Å². The fourth-order valence-corrected chi connectivity index (χ4v) is 1.32. The zero-order chi connectivity index (χ0) is 12.1. The molecule has 1 N–H and O–H groups in total. The van der Waals surface area contributed by atoms with Gasteiger partial charge in [0.2, 0.25) is 0 Å². The van der Waals surface area contributed by atoms with Crippen molar-refractivity contribution in [1.82, 2.24) is 5.32 Å². The zero-order valence-electron chi connectivity index (χ0n) is 9.08. The number of allylic oxidation sites excluding steroid dienone is 2. The lowest BCUT2D eigenvalue weighted by molar-refractivity contribution is -0.112. The molecule has 84 valence electrons. The van der Waals surface area contributed by atoms with Crippen LogP contribution in [0, 0.1) is 0 Å². The van der Waals surface area contributed by atoms with Gasteiger partial charge >= 0.3 is 0 Å². The minimum Gasteiger partial charge on any atom is -0.326 e. The monoisotopic (exact) mass is 237 g/mol. The Hall–Kier alpha value is -1.61. The molecule has 0 aliphatic heterocycles. The highest BCUT2D eigenvalue weighted by Gasteiger charge is 2.05. The van der Waals surface area contributed by atoms with Gasteiger partial charge in [0.15, 0.2) is 5.78 Å². The molecule has 0 heterocycles. The lowest BCUT2D eigenvalue weighted by Crippen LogP contribution is -2.21. The van der Waals surface area contributed by atoms with Crippen LogP contribution in [0.2, 0.25) is 5.02 Å². The average molecular weight is 238 g/mol. The van der Waals surface area contributed by atoms with Crippen molar-refractivity contribution in [3.05, 3.63) is 46.6 Å². The number of amides is 1. The quantitative estimate of drug-likeness (QED) is 0.822. The Bertz CT molecular complexity index is 435. The van der Waals surface area contributed by atoms with Gasteiger partial charge in [0.05, 0.1) is 0 Å². The Kier molecular flexibility index (Phi) is 4.26. The van der Waals surface area contributed by atoms with Crippen molar-refractivity contribution in [2.45, 2.75) is 13.8 Å². The summed E-state index contributed by atoms with van der Waals surface area (Å²) in [4.78, 5) is 22.4. The molecule has 1 amide bonds. The van der Waals surface area contributed by atoms with Crippen molar-refractivity contribution < 1.29 is 9.59 Å². The third-order valence-corrected chi connectivity index (χ3v) is 2.09. The SMILES string of the molecule is CC(=O)C=C(C)NC(=O)c1ccc(Cl)cc1. The molecule has 1 aromatic carbocycles. The molecule has 0 saturated heterocycles. The molecular weight excluding hydrogens is 226 g/mol. The van der Waals surface area contributed by atoms with Gasteiger partial charge in [-0.3, -0.25) is 9.59 Å². The second kappa shape index (κ2) is 5.47. The number of nitrogens with one attached hydrogen (secondary N) is 1. The van der Waals surface area contributed by atoms with E-state index in [0.29, 0.717) is 16.3 Å². The third kappa shape index (κ3) is 3.87. The van der Waals surface area contributed by atoms with Gasteiger partial charge in [-0.15, -0.1) is 0 Å². The molecule has 0 atom stereocenters. The van der Waals surface area contributed by atoms with E-state index in [1.807, 2.05) is 0 Å². The number of carbonyl (C=O) groups is 2. The normalized spacial score (nSPS) is 11.1. The van der Waals surface area contributed by atoms with E-state index >= 15 is 0 Å². The van der Waals surface area contributed by atoms with Crippen LogP contribution in [0.5, 0.6) is 0 Å². The van der Waals surface area contributed by atoms with E-state index in [1.165, 1.54) is 13.0 Å². The number of ketones is 1. The Labute approximate surface area is 99.1 Å². The Morgan fingerprint density at radius 2 is 1.75 bits per heavy atom. The van der Waals surface area contributed by atoms with Crippen LogP contribution in [0.1, 0.15) is 24.2 Å². The van der Waals surface area contributed by atoms with Crippen molar-refractivity contribution in [1.29, 1.82) is 0 Å². The Balaban J connectivity index is 2.73. The van der Waals surface area contributed by atoms with Crippen LogP contribution in [0.25, 0.3) is 0 Å². The van der Waals surface area contributed by atoms with Crippen molar-refractivity contribution in [3.63, 3.8) is 0 Å². The van der Waals surface area contributed by atoms with E-state index in [1.54, 1.807) is 31.2 Å². The van der Waals surface area contributed by atoms with Crippen LogP contribution in [0.3, 0.4) is 0 Å². The van der Waals surface area contributed by atoms with E-state index in [-0.39, 0.29) is 11.7 Å². The van der Waals surface area contributed by atoms with Crippen LogP contribution in [0.4, 0.5) is 0 Å². The summed E-state index contributed by atoms with van der Waals surface area (Å²) in [6.45, 7) is 3.09. The summed E-state index contributed by atoms with van der Waals surface area (Å²) in [6.07, 6.45) is 1.37. The topological polar surface area (TPSA) is 46.2 Å². The number of benzene rings is 1. The van der Waals surface area contributed by atoms with Crippen LogP contribution in [-0.2, 0) is 4.79 Å². The van der Waals surface area contributed by atoms with Gasteiger partial charge in [-0.2, -0.15) is 0 Å². The summed E-state index contributed by atoms with van der Waals surface area (Å²) in [5.41, 5.74) is 1.02. The first-order chi connectivity index (χ1) is 7.49. The molecule has 0 bridgehead atoms. The maximum Gasteiger partial charge on any atom is 0.255 e. The molecule has 0 aliphatic carbocycles. The van der Waals surface area contributed by atoms with E-state index in [9.17, 15) is 9.59 Å². The van der Waals surface area contributed by atoms with Crippen LogP contribution >= 0.6 is 11.6 Å². The molecule has 0 saturated carbocycles. The first-order valence-corrected chi connectivity index (χ1v) is 5.12. The predicted molar refractivity (Wildman–Crippen MR) is 63.4 cm³/mol. The molecule has 4 heteroatoms. The summed E-state index contributed by atoms with van der Waals surface area (Å²) in [5.74, 6) is -0.361. The number of carbonyl (C=O) groups excluding carboxylic acids is 2. The number of halogens is 1. The Morgan fingerprint density at radius 3 is 2.25 bits per heavy atom. The van der Waals surface area contributed by atoms with Crippen molar-refractivity contribution in [2.75, 3.05) is 0 Å². The largest absolute Gasteiger partial charge is 0.326 e. The highest BCUT2D eigenvalue weighted by atomic mass is 35.5. The molecule has 0 aliphatic rings. The molecule has 3 nitrogen and oxygen atoms in total. The first-order valence-electron chi connectivity index (χ1n) is 4.75. The van der Waals surface area contributed by atoms with Gasteiger partial charge < -0.3 is 5.32 Å². The lowest BCUT2D eigenvalue weighted by atomic mass is 10.2. The van der Waals surface area contributed by atoms with Crippen LogP contribution in [-0.4, -0.2) is 11.7 Å². The van der Waals surface area contributed by atoms with Gasteiger partial charge in [0, 0.05) is 16.3 Å². The van der Waals surface area contributed by atoms with Crippen LogP contribution < -0.4 is 5.32 Å². The lowest BCUT2D eigenvalue weighted by Gasteiger charge is -2.04. The second-order valence-corrected chi connectivity index (χ2v) is 3.84. The Morgan fingerprint density at radius 1 is 1.19 bits per heavy atom. The van der Waals surface area contributed by atoms with E-state index in [0.717, 1.165) is 0 Å². The summed E-state index contributed by atoms with van der Waals surface area (Å²) in [5, 5.41) is 3.18. The molecule has 16 heavy (non-hydrogen) atoms. The molecule has 0 fully saturated rings. The fourth-order valence-electron chi connectivity index (χ4n) is 1.19. The third-order valence-electron chi connectivity index (χ3n) is 1.84. The molecule has 0 unspecified atom stereocenters. The number of hydrogen-bond acceptors (Lipinski definition) is 2. The maximum atomic E-state index is 11.6. The average Bonchev–Trinajstić information content (AvgIpc) is 2.16. The molecule has 0 spiro atoms. The molecule has 0 radical (unpaired) electrons. The van der Waals surface area contributed by atoms with Gasteiger partial charge in [-0.25, -0.2) is 0 Å². The number of rotatable bonds is 3. The van der Waals surface area contributed by atoms with E-state index in [4.69, 9.17) is 11.6 Å².